The van der Waals surface area contributed by atoms with Crippen molar-refractivity contribution < 1.29 is 19.1 Å². The molecule has 0 heterocycles. The Balaban J connectivity index is 3.61. The molecule has 0 saturated heterocycles. The molecule has 0 aliphatic carbocycles. The van der Waals surface area contributed by atoms with Crippen LogP contribution in [0.1, 0.15) is 40.5 Å². The lowest BCUT2D eigenvalue weighted by atomic mass is 10.4. The number of carbonyl (C=O) groups excluding carboxylic acids is 2. The highest BCUT2D eigenvalue weighted by atomic mass is 32.2. The Kier molecular flexibility index (Phi) is 8.94. The second-order valence-corrected chi connectivity index (χ2v) is 4.92. The minimum atomic E-state index is -0.177. The first-order valence-corrected chi connectivity index (χ1v) is 7.11. The van der Waals surface area contributed by atoms with Crippen molar-refractivity contribution in [1.29, 1.82) is 0 Å². The first kappa shape index (κ1) is 16.3. The van der Waals surface area contributed by atoms with Gasteiger partial charge < -0.3 is 9.47 Å². The predicted octanol–water partition coefficient (Wildman–Crippen LogP) is 2.40. The van der Waals surface area contributed by atoms with Crippen LogP contribution in [0.25, 0.3) is 0 Å². The van der Waals surface area contributed by atoms with Crippen molar-refractivity contribution in [3.8, 4) is 0 Å². The highest BCUT2D eigenvalue weighted by Crippen LogP contribution is 2.10. The van der Waals surface area contributed by atoms with Crippen LogP contribution in [-0.2, 0) is 19.1 Å². The molecule has 0 amide bonds. The summed E-state index contributed by atoms with van der Waals surface area (Å²) in [6.45, 7) is 7.27. The van der Waals surface area contributed by atoms with Gasteiger partial charge in [-0.15, -0.1) is 0 Å². The van der Waals surface area contributed by atoms with Gasteiger partial charge in [0.2, 0.25) is 0 Å². The van der Waals surface area contributed by atoms with Gasteiger partial charge in [-0.25, -0.2) is 0 Å². The molecule has 0 aliphatic rings. The van der Waals surface area contributed by atoms with E-state index in [1.54, 1.807) is 25.6 Å². The molecule has 2 unspecified atom stereocenters. The smallest absolute Gasteiger partial charge is 0.305 e. The van der Waals surface area contributed by atoms with Crippen molar-refractivity contribution >= 4 is 23.7 Å². The molecule has 0 aromatic carbocycles. The third-order valence-corrected chi connectivity index (χ3v) is 3.36. The van der Waals surface area contributed by atoms with Gasteiger partial charge in [-0.05, 0) is 13.8 Å². The zero-order valence-electron chi connectivity index (χ0n) is 11.0. The minimum absolute atomic E-state index is 0.0958. The van der Waals surface area contributed by atoms with E-state index in [2.05, 4.69) is 0 Å². The number of hydrogen-bond acceptors (Lipinski definition) is 5. The van der Waals surface area contributed by atoms with Crippen molar-refractivity contribution in [3.05, 3.63) is 0 Å². The molecule has 0 bridgehead atoms. The maximum absolute atomic E-state index is 11.0. The molecule has 0 rings (SSSR count). The summed E-state index contributed by atoms with van der Waals surface area (Å²) in [7, 11) is 0. The Morgan fingerprint density at radius 3 is 1.59 bits per heavy atom. The van der Waals surface area contributed by atoms with Gasteiger partial charge in [0.25, 0.3) is 0 Å². The highest BCUT2D eigenvalue weighted by Gasteiger charge is 2.11. The number of esters is 2. The predicted molar refractivity (Wildman–Crippen MR) is 69.0 cm³/mol. The van der Waals surface area contributed by atoms with Crippen LogP contribution in [0, 0.1) is 0 Å². The molecule has 2 atom stereocenters. The second kappa shape index (κ2) is 9.33. The van der Waals surface area contributed by atoms with Crippen molar-refractivity contribution in [1.82, 2.24) is 0 Å². The molecule has 4 nitrogen and oxygen atoms in total. The summed E-state index contributed by atoms with van der Waals surface area (Å²) in [5, 5.41) is 0. The van der Waals surface area contributed by atoms with Gasteiger partial charge in [-0.1, -0.05) is 13.8 Å². The normalized spacial score (nSPS) is 13.9. The van der Waals surface area contributed by atoms with E-state index < -0.39 is 0 Å². The zero-order chi connectivity index (χ0) is 13.3. The summed E-state index contributed by atoms with van der Waals surface area (Å²) in [4.78, 5) is 22.0. The SMILES string of the molecule is CCC(=O)OC(C)CSCC(C)OC(=O)CC. The Labute approximate surface area is 107 Å². The summed E-state index contributed by atoms with van der Waals surface area (Å²) in [6.07, 6.45) is 0.613. The van der Waals surface area contributed by atoms with Crippen LogP contribution in [0.2, 0.25) is 0 Å². The number of carbonyl (C=O) groups is 2. The molecule has 0 radical (unpaired) electrons. The maximum Gasteiger partial charge on any atom is 0.305 e. The largest absolute Gasteiger partial charge is 0.462 e. The maximum atomic E-state index is 11.0. The van der Waals surface area contributed by atoms with Crippen molar-refractivity contribution in [3.63, 3.8) is 0 Å². The van der Waals surface area contributed by atoms with E-state index in [1.807, 2.05) is 13.8 Å². The van der Waals surface area contributed by atoms with Crippen LogP contribution in [0.5, 0.6) is 0 Å². The van der Waals surface area contributed by atoms with Crippen LogP contribution in [-0.4, -0.2) is 35.7 Å². The number of ether oxygens (including phenoxy) is 2. The Morgan fingerprint density at radius 1 is 0.941 bits per heavy atom. The zero-order valence-corrected chi connectivity index (χ0v) is 11.8. The number of thioether (sulfide) groups is 1. The summed E-state index contributed by atoms with van der Waals surface area (Å²) < 4.78 is 10.2. The van der Waals surface area contributed by atoms with Gasteiger partial charge in [-0.2, -0.15) is 11.8 Å². The van der Waals surface area contributed by atoms with E-state index >= 15 is 0 Å². The Morgan fingerprint density at radius 2 is 1.29 bits per heavy atom. The van der Waals surface area contributed by atoms with Crippen LogP contribution in [0.4, 0.5) is 0 Å². The fraction of sp³-hybridized carbons (Fsp3) is 0.833. The first-order valence-electron chi connectivity index (χ1n) is 5.96. The topological polar surface area (TPSA) is 52.6 Å². The highest BCUT2D eigenvalue weighted by molar-refractivity contribution is 7.99. The van der Waals surface area contributed by atoms with Gasteiger partial charge in [0.15, 0.2) is 0 Å². The second-order valence-electron chi connectivity index (χ2n) is 3.85. The molecule has 0 spiro atoms. The fourth-order valence-electron chi connectivity index (χ4n) is 1.08. The van der Waals surface area contributed by atoms with Gasteiger partial charge in [-0.3, -0.25) is 9.59 Å². The Hall–Kier alpha value is -0.710. The van der Waals surface area contributed by atoms with Gasteiger partial charge >= 0.3 is 11.9 Å². The van der Waals surface area contributed by atoms with E-state index in [0.717, 1.165) is 11.5 Å². The van der Waals surface area contributed by atoms with E-state index in [1.165, 1.54) is 0 Å². The standard InChI is InChI=1S/C12H22O4S/c1-5-11(13)15-9(3)7-17-8-10(4)16-12(14)6-2/h9-10H,5-8H2,1-4H3. The fourth-order valence-corrected chi connectivity index (χ4v) is 2.02. The van der Waals surface area contributed by atoms with Gasteiger partial charge in [0.05, 0.1) is 0 Å². The summed E-state index contributed by atoms with van der Waals surface area (Å²) in [5.41, 5.74) is 0. The van der Waals surface area contributed by atoms with Gasteiger partial charge in [0.1, 0.15) is 12.2 Å². The van der Waals surface area contributed by atoms with Crippen molar-refractivity contribution in [2.24, 2.45) is 0 Å². The third-order valence-electron chi connectivity index (χ3n) is 1.95. The Bertz CT molecular complexity index is 219. The van der Waals surface area contributed by atoms with Crippen molar-refractivity contribution in [2.75, 3.05) is 11.5 Å². The molecular formula is C12H22O4S. The van der Waals surface area contributed by atoms with Crippen LogP contribution in [0.3, 0.4) is 0 Å². The van der Waals surface area contributed by atoms with E-state index in [4.69, 9.17) is 9.47 Å². The molecule has 0 aromatic rings. The minimum Gasteiger partial charge on any atom is -0.462 e. The monoisotopic (exact) mass is 262 g/mol. The number of hydrogen-bond donors (Lipinski definition) is 0. The summed E-state index contributed by atoms with van der Waals surface area (Å²) >= 11 is 1.62. The lowest BCUT2D eigenvalue weighted by Crippen LogP contribution is -2.20. The lowest BCUT2D eigenvalue weighted by Gasteiger charge is -2.15. The molecule has 5 heteroatoms. The molecule has 0 aliphatic heterocycles. The van der Waals surface area contributed by atoms with E-state index in [9.17, 15) is 9.59 Å². The average Bonchev–Trinajstić information content (AvgIpc) is 2.28. The molecule has 0 saturated carbocycles. The lowest BCUT2D eigenvalue weighted by molar-refractivity contribution is -0.147. The molecule has 0 aromatic heterocycles. The van der Waals surface area contributed by atoms with E-state index in [0.29, 0.717) is 12.8 Å². The molecule has 17 heavy (non-hydrogen) atoms. The molecule has 100 valence electrons. The van der Waals surface area contributed by atoms with Crippen LogP contribution < -0.4 is 0 Å². The molecular weight excluding hydrogens is 240 g/mol. The molecule has 0 N–H and O–H groups in total. The quantitative estimate of drug-likeness (QED) is 0.629. The van der Waals surface area contributed by atoms with Crippen LogP contribution >= 0.6 is 11.8 Å². The van der Waals surface area contributed by atoms with Crippen molar-refractivity contribution in [2.45, 2.75) is 52.7 Å². The first-order chi connectivity index (χ1) is 7.99. The van der Waals surface area contributed by atoms with Crippen LogP contribution in [0.15, 0.2) is 0 Å². The third kappa shape index (κ3) is 9.03. The average molecular weight is 262 g/mol. The summed E-state index contributed by atoms with van der Waals surface area (Å²) in [6, 6.07) is 0. The summed E-state index contributed by atoms with van der Waals surface area (Å²) in [5.74, 6) is 1.09. The molecule has 0 fully saturated rings. The number of rotatable bonds is 8. The van der Waals surface area contributed by atoms with E-state index in [-0.39, 0.29) is 24.1 Å². The van der Waals surface area contributed by atoms with Gasteiger partial charge in [0, 0.05) is 24.3 Å².